The van der Waals surface area contributed by atoms with Crippen LogP contribution in [0.3, 0.4) is 0 Å². The van der Waals surface area contributed by atoms with E-state index in [-0.39, 0.29) is 22.2 Å². The highest BCUT2D eigenvalue weighted by Crippen LogP contribution is 2.28. The first-order valence-electron chi connectivity index (χ1n) is 5.58. The minimum absolute atomic E-state index is 0.157. The second-order valence-electron chi connectivity index (χ2n) is 3.98. The highest BCUT2D eigenvalue weighted by atomic mass is 35.5. The van der Waals surface area contributed by atoms with Crippen LogP contribution in [0.15, 0.2) is 17.0 Å². The lowest BCUT2D eigenvalue weighted by Gasteiger charge is -2.15. The maximum absolute atomic E-state index is 12.1. The van der Waals surface area contributed by atoms with E-state index in [1.54, 1.807) is 6.92 Å². The molecule has 0 bridgehead atoms. The van der Waals surface area contributed by atoms with Gasteiger partial charge in [0, 0.05) is 6.04 Å². The number of carboxylic acids is 1. The van der Waals surface area contributed by atoms with Gasteiger partial charge < -0.3 is 10.2 Å². The molecule has 0 aliphatic carbocycles. The van der Waals surface area contributed by atoms with Crippen LogP contribution < -0.4 is 4.72 Å². The Kier molecular flexibility index (Phi) is 5.79. The van der Waals surface area contributed by atoms with Crippen LogP contribution in [0.5, 0.6) is 0 Å². The molecule has 3 N–H and O–H groups in total. The highest BCUT2D eigenvalue weighted by Gasteiger charge is 2.24. The minimum atomic E-state index is -4.05. The summed E-state index contributed by atoms with van der Waals surface area (Å²) in [5, 5.41) is 17.6. The zero-order valence-electron chi connectivity index (χ0n) is 10.4. The van der Waals surface area contributed by atoms with Crippen LogP contribution >= 0.6 is 23.2 Å². The molecule has 1 rings (SSSR count). The van der Waals surface area contributed by atoms with Crippen molar-refractivity contribution in [2.45, 2.75) is 24.3 Å². The van der Waals surface area contributed by atoms with Gasteiger partial charge in [-0.1, -0.05) is 30.1 Å². The Labute approximate surface area is 126 Å². The normalized spacial score (nSPS) is 13.2. The summed E-state index contributed by atoms with van der Waals surface area (Å²) in [5.41, 5.74) is -0.367. The standard InChI is InChI=1S/C11H13Cl2NO5S/c1-2-6(5-15)14-20(18,19)10-3-7(11(16)17)8(12)4-9(10)13/h3-4,6,14-15H,2,5H2,1H3,(H,16,17)/t6-/m0/s1. The van der Waals surface area contributed by atoms with Crippen LogP contribution in [-0.4, -0.2) is 37.2 Å². The number of hydrogen-bond acceptors (Lipinski definition) is 4. The lowest BCUT2D eigenvalue weighted by Crippen LogP contribution is -2.37. The third-order valence-corrected chi connectivity index (χ3v) is 4.87. The van der Waals surface area contributed by atoms with E-state index in [0.717, 1.165) is 12.1 Å². The summed E-state index contributed by atoms with van der Waals surface area (Å²) in [4.78, 5) is 10.6. The molecule has 0 saturated heterocycles. The van der Waals surface area contributed by atoms with E-state index < -0.39 is 26.9 Å². The molecule has 0 spiro atoms. The van der Waals surface area contributed by atoms with Crippen LogP contribution in [0, 0.1) is 0 Å². The second-order valence-corrected chi connectivity index (χ2v) is 6.47. The summed E-state index contributed by atoms with van der Waals surface area (Å²) in [6.07, 6.45) is 0.368. The van der Waals surface area contributed by atoms with E-state index in [2.05, 4.69) is 4.72 Å². The number of halogens is 2. The molecule has 0 unspecified atom stereocenters. The lowest BCUT2D eigenvalue weighted by atomic mass is 10.2. The number of aliphatic hydroxyl groups excluding tert-OH is 1. The van der Waals surface area contributed by atoms with E-state index in [1.165, 1.54) is 0 Å². The SMILES string of the molecule is CC[C@@H](CO)NS(=O)(=O)c1cc(C(=O)O)c(Cl)cc1Cl. The fraction of sp³-hybridized carbons (Fsp3) is 0.364. The molecule has 0 fully saturated rings. The Bertz CT molecular complexity index is 613. The summed E-state index contributed by atoms with van der Waals surface area (Å²) in [6.45, 7) is 1.31. The molecule has 112 valence electrons. The van der Waals surface area contributed by atoms with Gasteiger partial charge in [-0.05, 0) is 18.6 Å². The molecule has 0 saturated carbocycles. The first-order valence-corrected chi connectivity index (χ1v) is 7.82. The Morgan fingerprint density at radius 2 is 1.95 bits per heavy atom. The molecule has 0 aliphatic rings. The van der Waals surface area contributed by atoms with Gasteiger partial charge in [0.2, 0.25) is 10.0 Å². The van der Waals surface area contributed by atoms with Crippen LogP contribution in [0.1, 0.15) is 23.7 Å². The highest BCUT2D eigenvalue weighted by molar-refractivity contribution is 7.89. The van der Waals surface area contributed by atoms with Gasteiger partial charge in [-0.15, -0.1) is 0 Å². The fourth-order valence-corrected chi connectivity index (χ4v) is 3.60. The molecule has 0 aromatic heterocycles. The van der Waals surface area contributed by atoms with Gasteiger partial charge in [0.1, 0.15) is 4.90 Å². The molecular weight excluding hydrogens is 329 g/mol. The van der Waals surface area contributed by atoms with Gasteiger partial charge in [0.05, 0.1) is 22.2 Å². The maximum atomic E-state index is 12.1. The number of carboxylic acid groups (broad SMARTS) is 1. The van der Waals surface area contributed by atoms with Gasteiger partial charge in [-0.3, -0.25) is 0 Å². The topological polar surface area (TPSA) is 104 Å². The summed E-state index contributed by atoms with van der Waals surface area (Å²) >= 11 is 11.5. The summed E-state index contributed by atoms with van der Waals surface area (Å²) < 4.78 is 26.5. The molecule has 1 aromatic carbocycles. The Morgan fingerprint density at radius 1 is 1.35 bits per heavy atom. The van der Waals surface area contributed by atoms with Crippen molar-refractivity contribution in [3.8, 4) is 0 Å². The monoisotopic (exact) mass is 341 g/mol. The molecule has 0 amide bonds. The quantitative estimate of drug-likeness (QED) is 0.731. The first kappa shape index (κ1) is 17.2. The van der Waals surface area contributed by atoms with Crippen molar-refractivity contribution in [3.05, 3.63) is 27.7 Å². The van der Waals surface area contributed by atoms with Crippen LogP contribution in [-0.2, 0) is 10.0 Å². The number of rotatable bonds is 6. The van der Waals surface area contributed by atoms with Crippen molar-refractivity contribution >= 4 is 39.2 Å². The lowest BCUT2D eigenvalue weighted by molar-refractivity contribution is 0.0697. The van der Waals surface area contributed by atoms with Crippen molar-refractivity contribution in [1.82, 2.24) is 4.72 Å². The molecule has 1 atom stereocenters. The fourth-order valence-electron chi connectivity index (χ4n) is 1.43. The Morgan fingerprint density at radius 3 is 2.40 bits per heavy atom. The van der Waals surface area contributed by atoms with Crippen molar-refractivity contribution in [2.24, 2.45) is 0 Å². The number of nitrogens with one attached hydrogen (secondary N) is 1. The molecule has 9 heteroatoms. The molecule has 0 aliphatic heterocycles. The van der Waals surface area contributed by atoms with Gasteiger partial charge in [-0.2, -0.15) is 0 Å². The zero-order valence-corrected chi connectivity index (χ0v) is 12.8. The average molecular weight is 342 g/mol. The molecular formula is C11H13Cl2NO5S. The third-order valence-electron chi connectivity index (χ3n) is 2.58. The van der Waals surface area contributed by atoms with Crippen LogP contribution in [0.2, 0.25) is 10.0 Å². The van der Waals surface area contributed by atoms with Crippen molar-refractivity contribution in [3.63, 3.8) is 0 Å². The van der Waals surface area contributed by atoms with Crippen LogP contribution in [0.25, 0.3) is 0 Å². The van der Waals surface area contributed by atoms with Gasteiger partial charge in [-0.25, -0.2) is 17.9 Å². The molecule has 6 nitrogen and oxygen atoms in total. The average Bonchev–Trinajstić information content (AvgIpc) is 2.35. The van der Waals surface area contributed by atoms with Gasteiger partial charge >= 0.3 is 5.97 Å². The molecule has 0 heterocycles. The third kappa shape index (κ3) is 3.83. The number of benzene rings is 1. The molecule has 0 radical (unpaired) electrons. The number of aromatic carboxylic acids is 1. The Hall–Kier alpha value is -0.860. The summed E-state index contributed by atoms with van der Waals surface area (Å²) in [6, 6.07) is 1.26. The summed E-state index contributed by atoms with van der Waals surface area (Å²) in [5.74, 6) is -1.36. The molecule has 1 aromatic rings. The molecule has 20 heavy (non-hydrogen) atoms. The minimum Gasteiger partial charge on any atom is -0.478 e. The second kappa shape index (κ2) is 6.73. The van der Waals surface area contributed by atoms with Crippen LogP contribution in [0.4, 0.5) is 0 Å². The number of carbonyl (C=O) groups is 1. The first-order chi connectivity index (χ1) is 9.22. The maximum Gasteiger partial charge on any atom is 0.337 e. The van der Waals surface area contributed by atoms with E-state index >= 15 is 0 Å². The van der Waals surface area contributed by atoms with Crippen molar-refractivity contribution in [1.29, 1.82) is 0 Å². The summed E-state index contributed by atoms with van der Waals surface area (Å²) in [7, 11) is -4.05. The number of aliphatic hydroxyl groups is 1. The zero-order chi connectivity index (χ0) is 15.5. The van der Waals surface area contributed by atoms with Gasteiger partial charge in [0.25, 0.3) is 0 Å². The Balaban J connectivity index is 3.31. The number of hydrogen-bond donors (Lipinski definition) is 3. The van der Waals surface area contributed by atoms with E-state index in [0.29, 0.717) is 6.42 Å². The van der Waals surface area contributed by atoms with Crippen molar-refractivity contribution < 1.29 is 23.4 Å². The predicted molar refractivity (Wildman–Crippen MR) is 74.9 cm³/mol. The number of sulfonamides is 1. The van der Waals surface area contributed by atoms with E-state index in [4.69, 9.17) is 33.4 Å². The van der Waals surface area contributed by atoms with E-state index in [1.807, 2.05) is 0 Å². The largest absolute Gasteiger partial charge is 0.478 e. The van der Waals surface area contributed by atoms with E-state index in [9.17, 15) is 13.2 Å². The van der Waals surface area contributed by atoms with Crippen molar-refractivity contribution in [2.75, 3.05) is 6.61 Å². The predicted octanol–water partition coefficient (Wildman–Crippen LogP) is 1.74. The smallest absolute Gasteiger partial charge is 0.337 e. The van der Waals surface area contributed by atoms with Gasteiger partial charge in [0.15, 0.2) is 0 Å².